The molecule has 0 fully saturated rings. The largest absolute Gasteiger partial charge is 0.481 e. The van der Waals surface area contributed by atoms with E-state index in [1.807, 2.05) is 60.7 Å². The van der Waals surface area contributed by atoms with Gasteiger partial charge in [-0.05, 0) is 36.1 Å². The van der Waals surface area contributed by atoms with Crippen molar-refractivity contribution in [3.05, 3.63) is 71.8 Å². The smallest absolute Gasteiger partial charge is 0.303 e. The number of carboxylic acids is 1. The van der Waals surface area contributed by atoms with Crippen LogP contribution in [0.25, 0.3) is 0 Å². The third-order valence-corrected chi connectivity index (χ3v) is 5.61. The fraction of sp³-hybridized carbons (Fsp3) is 0.409. The second-order valence-corrected chi connectivity index (χ2v) is 7.80. The van der Waals surface area contributed by atoms with Gasteiger partial charge in [0.2, 0.25) is 0 Å². The minimum Gasteiger partial charge on any atom is -0.481 e. The fourth-order valence-corrected chi connectivity index (χ4v) is 4.02. The second-order valence-electron chi connectivity index (χ2n) is 5.88. The molecule has 0 saturated heterocycles. The molecule has 2 rings (SSSR count). The van der Waals surface area contributed by atoms with E-state index >= 15 is 0 Å². The van der Waals surface area contributed by atoms with E-state index in [9.17, 15) is 4.79 Å². The minimum atomic E-state index is -1.63. The van der Waals surface area contributed by atoms with Crippen LogP contribution >= 0.6 is 23.5 Å². The molecular formula is C22H28O2S2. The molecule has 0 aromatic heterocycles. The van der Waals surface area contributed by atoms with Gasteiger partial charge in [-0.1, -0.05) is 67.1 Å². The Morgan fingerprint density at radius 3 is 2.31 bits per heavy atom. The summed E-state index contributed by atoms with van der Waals surface area (Å²) < 4.78 is 34.4. The van der Waals surface area contributed by atoms with E-state index in [-0.39, 0.29) is 12.8 Å². The number of carboxylic acid groups (broad SMARTS) is 1. The van der Waals surface area contributed by atoms with Gasteiger partial charge in [-0.25, -0.2) is 0 Å². The number of rotatable bonds is 13. The Morgan fingerprint density at radius 2 is 1.65 bits per heavy atom. The summed E-state index contributed by atoms with van der Waals surface area (Å²) in [5.41, 5.74) is -0.521. The first kappa shape index (κ1) is 15.6. The van der Waals surface area contributed by atoms with Crippen LogP contribution in [0.5, 0.6) is 0 Å². The van der Waals surface area contributed by atoms with Crippen molar-refractivity contribution in [2.24, 2.45) is 0 Å². The molecule has 0 aliphatic heterocycles. The molecule has 2 unspecified atom stereocenters. The van der Waals surface area contributed by atoms with E-state index in [1.165, 1.54) is 11.8 Å². The zero-order valence-electron chi connectivity index (χ0n) is 18.8. The van der Waals surface area contributed by atoms with Crippen molar-refractivity contribution in [1.29, 1.82) is 0 Å². The SMILES string of the molecule is [2H]C(SC([2H])(CCCCC(=O)O)CC([2H])([2H])SCc1ccccc1)c1ccccc1. The molecule has 0 spiro atoms. The third-order valence-electron chi connectivity index (χ3n) is 3.71. The highest BCUT2D eigenvalue weighted by atomic mass is 32.2. The zero-order chi connectivity index (χ0) is 22.0. The van der Waals surface area contributed by atoms with Crippen molar-refractivity contribution in [2.75, 3.05) is 5.70 Å². The predicted octanol–water partition coefficient (Wildman–Crippen LogP) is 6.26. The molecule has 4 heteroatoms. The molecule has 140 valence electrons. The lowest BCUT2D eigenvalue weighted by molar-refractivity contribution is -0.137. The van der Waals surface area contributed by atoms with Gasteiger partial charge in [0.05, 0.1) is 0 Å². The van der Waals surface area contributed by atoms with Gasteiger partial charge in [0.25, 0.3) is 0 Å². The van der Waals surface area contributed by atoms with Gasteiger partial charge in [-0.15, -0.1) is 0 Å². The first-order valence-corrected chi connectivity index (χ1v) is 10.6. The standard InChI is InChI=1S/C22H28O2S2/c23-22(24)14-8-7-13-21(26-18-20-11-5-2-6-12-20)15-16-25-17-19-9-3-1-4-10-19/h1-6,9-12,21H,7-8,13-18H2,(H,23,24)/i16D2,18D,21D. The van der Waals surface area contributed by atoms with Gasteiger partial charge >= 0.3 is 5.97 Å². The van der Waals surface area contributed by atoms with Crippen molar-refractivity contribution in [2.45, 2.75) is 48.8 Å². The van der Waals surface area contributed by atoms with Crippen molar-refractivity contribution >= 4 is 29.5 Å². The number of unbranched alkanes of at least 4 members (excludes halogenated alkanes) is 1. The summed E-state index contributed by atoms with van der Waals surface area (Å²) in [7, 11) is 0. The van der Waals surface area contributed by atoms with Crippen LogP contribution in [0, 0.1) is 0 Å². The summed E-state index contributed by atoms with van der Waals surface area (Å²) in [4.78, 5) is 10.8. The Labute approximate surface area is 171 Å². The molecule has 0 aliphatic carbocycles. The van der Waals surface area contributed by atoms with E-state index in [2.05, 4.69) is 0 Å². The summed E-state index contributed by atoms with van der Waals surface area (Å²) in [6, 6.07) is 18.9. The van der Waals surface area contributed by atoms with Gasteiger partial charge < -0.3 is 5.11 Å². The van der Waals surface area contributed by atoms with Gasteiger partial charge in [-0.2, -0.15) is 23.5 Å². The molecular weight excluding hydrogens is 360 g/mol. The topological polar surface area (TPSA) is 37.3 Å². The molecule has 2 aromatic carbocycles. The highest BCUT2D eigenvalue weighted by Gasteiger charge is 2.10. The van der Waals surface area contributed by atoms with E-state index in [4.69, 9.17) is 10.6 Å². The van der Waals surface area contributed by atoms with E-state index in [0.717, 1.165) is 22.9 Å². The quantitative estimate of drug-likeness (QED) is 0.408. The highest BCUT2D eigenvalue weighted by molar-refractivity contribution is 7.99. The number of thioether (sulfide) groups is 2. The van der Waals surface area contributed by atoms with Crippen molar-refractivity contribution < 1.29 is 15.4 Å². The van der Waals surface area contributed by atoms with Crippen LogP contribution in [0.4, 0.5) is 0 Å². The van der Waals surface area contributed by atoms with E-state index in [0.29, 0.717) is 25.0 Å². The van der Waals surface area contributed by atoms with Crippen molar-refractivity contribution in [3.8, 4) is 0 Å². The highest BCUT2D eigenvalue weighted by Crippen LogP contribution is 2.27. The van der Waals surface area contributed by atoms with Gasteiger partial charge in [0.15, 0.2) is 0 Å². The Kier molecular flexibility index (Phi) is 7.75. The Balaban J connectivity index is 2.05. The molecule has 1 N–H and O–H groups in total. The van der Waals surface area contributed by atoms with Crippen LogP contribution in [0.3, 0.4) is 0 Å². The normalized spacial score (nSPS) is 17.2. The van der Waals surface area contributed by atoms with Crippen molar-refractivity contribution in [3.63, 3.8) is 0 Å². The molecule has 0 radical (unpaired) electrons. The summed E-state index contributed by atoms with van der Waals surface area (Å²) in [6.45, 7) is 0. The lowest BCUT2D eigenvalue weighted by Gasteiger charge is -2.16. The molecule has 0 amide bonds. The first-order chi connectivity index (χ1) is 14.2. The second kappa shape index (κ2) is 12.9. The number of hydrogen-bond donors (Lipinski definition) is 1. The summed E-state index contributed by atoms with van der Waals surface area (Å²) in [5, 5.41) is 7.64. The maximum Gasteiger partial charge on any atom is 0.303 e. The van der Waals surface area contributed by atoms with Crippen LogP contribution in [0.15, 0.2) is 60.7 Å². The van der Waals surface area contributed by atoms with Crippen LogP contribution < -0.4 is 0 Å². The average molecular weight is 393 g/mol. The third kappa shape index (κ3) is 9.35. The van der Waals surface area contributed by atoms with E-state index < -0.39 is 22.6 Å². The fourth-order valence-electron chi connectivity index (χ4n) is 2.31. The number of hydrogen-bond acceptors (Lipinski definition) is 3. The summed E-state index contributed by atoms with van der Waals surface area (Å²) in [5.74, 6) is -0.356. The monoisotopic (exact) mass is 392 g/mol. The lowest BCUT2D eigenvalue weighted by Crippen LogP contribution is -2.06. The lowest BCUT2D eigenvalue weighted by atomic mass is 10.1. The maximum absolute atomic E-state index is 10.8. The Morgan fingerprint density at radius 1 is 1.00 bits per heavy atom. The van der Waals surface area contributed by atoms with Gasteiger partial charge in [0.1, 0.15) is 0 Å². The molecule has 2 nitrogen and oxygen atoms in total. The van der Waals surface area contributed by atoms with Crippen LogP contribution in [-0.4, -0.2) is 22.0 Å². The molecule has 0 bridgehead atoms. The molecule has 2 atom stereocenters. The van der Waals surface area contributed by atoms with Crippen LogP contribution in [0.1, 0.15) is 48.7 Å². The molecule has 0 aliphatic rings. The van der Waals surface area contributed by atoms with Gasteiger partial charge in [0, 0.05) is 28.6 Å². The van der Waals surface area contributed by atoms with Crippen molar-refractivity contribution in [1.82, 2.24) is 0 Å². The zero-order valence-corrected chi connectivity index (χ0v) is 16.4. The average Bonchev–Trinajstić information content (AvgIpc) is 2.71. The summed E-state index contributed by atoms with van der Waals surface area (Å²) >= 11 is 2.31. The Hall–Kier alpha value is -1.39. The number of aliphatic carboxylic acids is 1. The molecule has 0 saturated carbocycles. The van der Waals surface area contributed by atoms with Gasteiger partial charge in [-0.3, -0.25) is 4.79 Å². The molecule has 26 heavy (non-hydrogen) atoms. The first-order valence-electron chi connectivity index (χ1n) is 10.8. The maximum atomic E-state index is 10.8. The summed E-state index contributed by atoms with van der Waals surface area (Å²) in [6.07, 6.45) is 1.32. The van der Waals surface area contributed by atoms with E-state index in [1.54, 1.807) is 0 Å². The molecule has 2 aromatic rings. The van der Waals surface area contributed by atoms with Crippen LogP contribution in [0.2, 0.25) is 0 Å². The molecule has 0 heterocycles. The number of carbonyl (C=O) groups is 1. The minimum absolute atomic E-state index is 0.0303. The van der Waals surface area contributed by atoms with Crippen LogP contribution in [-0.2, 0) is 16.3 Å². The Bertz CT molecular complexity index is 777. The predicted molar refractivity (Wildman–Crippen MR) is 115 cm³/mol. The number of benzene rings is 2.